The van der Waals surface area contributed by atoms with Crippen molar-refractivity contribution in [1.29, 1.82) is 0 Å². The second-order valence-electron chi connectivity index (χ2n) is 3.14. The first-order chi connectivity index (χ1) is 7.27. The molecule has 1 aromatic carbocycles. The molecule has 3 heteroatoms. The maximum absolute atomic E-state index is 11.8. The van der Waals surface area contributed by atoms with Crippen LogP contribution in [0.3, 0.4) is 0 Å². The molecule has 1 N–H and O–H groups in total. The molecule has 0 saturated heterocycles. The van der Waals surface area contributed by atoms with E-state index in [-0.39, 0.29) is 11.3 Å². The summed E-state index contributed by atoms with van der Waals surface area (Å²) in [6, 6.07) is 11.8. The molecule has 1 heterocycles. The number of hydrogen-bond donors (Lipinski definition) is 1. The second kappa shape index (κ2) is 3.92. The standard InChI is InChI=1S/C12H9NO2/c14-11-8-10(6-7-13-11)12(15)9-4-2-1-3-5-9/h1-8H,(H,13,14). The number of carbonyl (C=O) groups excluding carboxylic acids is 1. The fraction of sp³-hybridized carbons (Fsp3) is 0. The lowest BCUT2D eigenvalue weighted by molar-refractivity contribution is 0.103. The number of rotatable bonds is 2. The minimum atomic E-state index is -0.267. The molecule has 0 radical (unpaired) electrons. The minimum absolute atomic E-state index is 0.137. The molecule has 0 amide bonds. The van der Waals surface area contributed by atoms with Gasteiger partial charge >= 0.3 is 0 Å². The smallest absolute Gasteiger partial charge is 0.248 e. The summed E-state index contributed by atoms with van der Waals surface area (Å²) in [5.74, 6) is -0.137. The summed E-state index contributed by atoms with van der Waals surface area (Å²) >= 11 is 0. The lowest BCUT2D eigenvalue weighted by Gasteiger charge is -1.99. The van der Waals surface area contributed by atoms with Crippen LogP contribution in [0, 0.1) is 0 Å². The first-order valence-electron chi connectivity index (χ1n) is 4.56. The van der Waals surface area contributed by atoms with Gasteiger partial charge in [0.05, 0.1) is 0 Å². The highest BCUT2D eigenvalue weighted by atomic mass is 16.1. The maximum atomic E-state index is 11.8. The Kier molecular flexibility index (Phi) is 2.46. The number of carbonyl (C=O) groups is 1. The molecule has 0 bridgehead atoms. The van der Waals surface area contributed by atoms with Crippen LogP contribution in [-0.4, -0.2) is 10.8 Å². The molecule has 0 saturated carbocycles. The van der Waals surface area contributed by atoms with E-state index in [0.29, 0.717) is 11.1 Å². The molecule has 0 aliphatic heterocycles. The van der Waals surface area contributed by atoms with E-state index in [9.17, 15) is 9.59 Å². The SMILES string of the molecule is O=C(c1ccccc1)c1cc[nH]c(=O)c1. The van der Waals surface area contributed by atoms with Crippen molar-refractivity contribution in [2.24, 2.45) is 0 Å². The number of pyridine rings is 1. The van der Waals surface area contributed by atoms with Crippen molar-refractivity contribution in [3.8, 4) is 0 Å². The number of aromatic amines is 1. The van der Waals surface area contributed by atoms with Gasteiger partial charge in [0.15, 0.2) is 5.78 Å². The van der Waals surface area contributed by atoms with Gasteiger partial charge in [-0.15, -0.1) is 0 Å². The second-order valence-corrected chi connectivity index (χ2v) is 3.14. The summed E-state index contributed by atoms with van der Waals surface area (Å²) in [7, 11) is 0. The Morgan fingerprint density at radius 1 is 1.00 bits per heavy atom. The van der Waals surface area contributed by atoms with E-state index in [1.165, 1.54) is 12.3 Å². The predicted octanol–water partition coefficient (Wildman–Crippen LogP) is 1.61. The van der Waals surface area contributed by atoms with Gasteiger partial charge in [0, 0.05) is 23.4 Å². The average Bonchev–Trinajstić information content (AvgIpc) is 2.29. The van der Waals surface area contributed by atoms with Gasteiger partial charge in [0.1, 0.15) is 0 Å². The van der Waals surface area contributed by atoms with Gasteiger partial charge in [-0.3, -0.25) is 9.59 Å². The van der Waals surface area contributed by atoms with Crippen LogP contribution in [-0.2, 0) is 0 Å². The van der Waals surface area contributed by atoms with Crippen LogP contribution in [0.4, 0.5) is 0 Å². The van der Waals surface area contributed by atoms with Crippen molar-refractivity contribution in [2.75, 3.05) is 0 Å². The number of benzene rings is 1. The van der Waals surface area contributed by atoms with Crippen molar-refractivity contribution >= 4 is 5.78 Å². The average molecular weight is 199 g/mol. The van der Waals surface area contributed by atoms with E-state index in [4.69, 9.17) is 0 Å². The molecule has 0 aliphatic rings. The Labute approximate surface area is 86.4 Å². The highest BCUT2D eigenvalue weighted by Gasteiger charge is 2.07. The van der Waals surface area contributed by atoms with E-state index in [1.54, 1.807) is 30.3 Å². The highest BCUT2D eigenvalue weighted by Crippen LogP contribution is 2.06. The van der Waals surface area contributed by atoms with Crippen molar-refractivity contribution < 1.29 is 4.79 Å². The molecule has 0 fully saturated rings. The van der Waals surface area contributed by atoms with Gasteiger partial charge in [-0.2, -0.15) is 0 Å². The number of aromatic nitrogens is 1. The van der Waals surface area contributed by atoms with Crippen LogP contribution in [0.1, 0.15) is 15.9 Å². The first-order valence-corrected chi connectivity index (χ1v) is 4.56. The number of ketones is 1. The molecule has 0 unspecified atom stereocenters. The Balaban J connectivity index is 2.42. The zero-order valence-electron chi connectivity index (χ0n) is 7.94. The largest absolute Gasteiger partial charge is 0.329 e. The zero-order valence-corrected chi connectivity index (χ0v) is 7.94. The quantitative estimate of drug-likeness (QED) is 0.747. The molecule has 0 atom stereocenters. The van der Waals surface area contributed by atoms with E-state index in [1.807, 2.05) is 6.07 Å². The Morgan fingerprint density at radius 3 is 2.40 bits per heavy atom. The number of H-pyrrole nitrogens is 1. The first kappa shape index (κ1) is 9.40. The summed E-state index contributed by atoms with van der Waals surface area (Å²) < 4.78 is 0. The van der Waals surface area contributed by atoms with E-state index in [0.717, 1.165) is 0 Å². The predicted molar refractivity (Wildman–Crippen MR) is 56.9 cm³/mol. The molecular weight excluding hydrogens is 190 g/mol. The van der Waals surface area contributed by atoms with Gasteiger partial charge in [0.25, 0.3) is 0 Å². The van der Waals surface area contributed by atoms with E-state index >= 15 is 0 Å². The molecule has 0 spiro atoms. The van der Waals surface area contributed by atoms with Gasteiger partial charge in [-0.1, -0.05) is 30.3 Å². The van der Waals surface area contributed by atoms with Gasteiger partial charge in [-0.05, 0) is 6.07 Å². The zero-order chi connectivity index (χ0) is 10.7. The number of hydrogen-bond acceptors (Lipinski definition) is 2. The molecular formula is C12H9NO2. The van der Waals surface area contributed by atoms with Crippen molar-refractivity contribution in [3.05, 3.63) is 70.1 Å². The van der Waals surface area contributed by atoms with Crippen LogP contribution in [0.25, 0.3) is 0 Å². The maximum Gasteiger partial charge on any atom is 0.248 e. The number of nitrogens with one attached hydrogen (secondary N) is 1. The third-order valence-electron chi connectivity index (χ3n) is 2.07. The normalized spacial score (nSPS) is 9.87. The summed E-state index contributed by atoms with van der Waals surface area (Å²) in [6.07, 6.45) is 1.47. The highest BCUT2D eigenvalue weighted by molar-refractivity contribution is 6.08. The van der Waals surface area contributed by atoms with Gasteiger partial charge < -0.3 is 4.98 Å². The fourth-order valence-corrected chi connectivity index (χ4v) is 1.34. The Hall–Kier alpha value is -2.16. The Morgan fingerprint density at radius 2 is 1.73 bits per heavy atom. The topological polar surface area (TPSA) is 49.9 Å². The Bertz CT molecular complexity index is 529. The summed E-state index contributed by atoms with van der Waals surface area (Å²) in [5.41, 5.74) is 0.727. The molecule has 1 aromatic heterocycles. The van der Waals surface area contributed by atoms with Crippen molar-refractivity contribution in [1.82, 2.24) is 4.98 Å². The van der Waals surface area contributed by atoms with Crippen LogP contribution in [0.5, 0.6) is 0 Å². The van der Waals surface area contributed by atoms with Crippen LogP contribution < -0.4 is 5.56 Å². The summed E-state index contributed by atoms with van der Waals surface area (Å²) in [6.45, 7) is 0. The van der Waals surface area contributed by atoms with Gasteiger partial charge in [0.2, 0.25) is 5.56 Å². The van der Waals surface area contributed by atoms with Crippen LogP contribution in [0.15, 0.2) is 53.5 Å². The lowest BCUT2D eigenvalue weighted by Crippen LogP contribution is -2.09. The monoisotopic (exact) mass is 199 g/mol. The molecule has 15 heavy (non-hydrogen) atoms. The van der Waals surface area contributed by atoms with Crippen molar-refractivity contribution in [2.45, 2.75) is 0 Å². The lowest BCUT2D eigenvalue weighted by atomic mass is 10.1. The molecule has 2 rings (SSSR count). The van der Waals surface area contributed by atoms with Gasteiger partial charge in [-0.25, -0.2) is 0 Å². The third kappa shape index (κ3) is 2.02. The van der Waals surface area contributed by atoms with Crippen molar-refractivity contribution in [3.63, 3.8) is 0 Å². The molecule has 3 nitrogen and oxygen atoms in total. The van der Waals surface area contributed by atoms with E-state index < -0.39 is 0 Å². The molecule has 0 aliphatic carbocycles. The molecule has 74 valence electrons. The molecule has 2 aromatic rings. The van der Waals surface area contributed by atoms with E-state index in [2.05, 4.69) is 4.98 Å². The fourth-order valence-electron chi connectivity index (χ4n) is 1.34. The third-order valence-corrected chi connectivity index (χ3v) is 2.07. The van der Waals surface area contributed by atoms with Crippen LogP contribution >= 0.6 is 0 Å². The minimum Gasteiger partial charge on any atom is -0.329 e. The summed E-state index contributed by atoms with van der Waals surface area (Å²) in [5, 5.41) is 0. The van der Waals surface area contributed by atoms with Crippen LogP contribution in [0.2, 0.25) is 0 Å². The summed E-state index contributed by atoms with van der Waals surface area (Å²) in [4.78, 5) is 25.3.